The highest BCUT2D eigenvalue weighted by atomic mass is 127. The molecule has 0 saturated carbocycles. The molecule has 0 spiro atoms. The van der Waals surface area contributed by atoms with Crippen LogP contribution in [0.15, 0.2) is 103 Å². The molecule has 6 heteroatoms. The molecule has 36 heavy (non-hydrogen) atoms. The summed E-state index contributed by atoms with van der Waals surface area (Å²) in [5, 5.41) is 3.50. The van der Waals surface area contributed by atoms with Crippen molar-refractivity contribution < 1.29 is 0 Å². The molecule has 2 aromatic heterocycles. The Hall–Kier alpha value is -3.52. The fraction of sp³-hybridized carbons (Fsp3) is 0.167. The number of benzene rings is 3. The number of nitrogens with one attached hydrogen (secondary N) is 1. The predicted molar refractivity (Wildman–Crippen MR) is 156 cm³/mol. The molecule has 5 rings (SSSR count). The molecule has 180 valence electrons. The molecule has 0 saturated heterocycles. The molecule has 0 fully saturated rings. The minimum absolute atomic E-state index is 0.718. The van der Waals surface area contributed by atoms with E-state index in [1.165, 1.54) is 22.3 Å². The summed E-state index contributed by atoms with van der Waals surface area (Å²) in [5.74, 6) is 0.806. The number of imidazole rings is 1. The molecule has 0 aliphatic carbocycles. The fourth-order valence-corrected chi connectivity index (χ4v) is 4.77. The zero-order valence-corrected chi connectivity index (χ0v) is 22.2. The lowest BCUT2D eigenvalue weighted by molar-refractivity contribution is 0.777. The number of halogens is 1. The normalized spacial score (nSPS) is 10.9. The van der Waals surface area contributed by atoms with Crippen LogP contribution in [0.5, 0.6) is 0 Å². The molecular weight excluding hydrogens is 557 g/mol. The Morgan fingerprint density at radius 2 is 1.44 bits per heavy atom. The van der Waals surface area contributed by atoms with Gasteiger partial charge in [-0.15, -0.1) is 0 Å². The number of anilines is 1. The maximum atomic E-state index is 4.66. The maximum absolute atomic E-state index is 4.66. The smallest absolute Gasteiger partial charge is 0.194 e. The first-order valence-corrected chi connectivity index (χ1v) is 13.3. The molecule has 0 unspecified atom stereocenters. The van der Waals surface area contributed by atoms with Crippen molar-refractivity contribution in [3.8, 4) is 0 Å². The molecule has 3 aromatic carbocycles. The molecule has 0 atom stereocenters. The van der Waals surface area contributed by atoms with Crippen molar-refractivity contribution in [1.29, 1.82) is 0 Å². The van der Waals surface area contributed by atoms with Crippen molar-refractivity contribution in [1.82, 2.24) is 19.5 Å². The highest BCUT2D eigenvalue weighted by Crippen LogP contribution is 2.25. The van der Waals surface area contributed by atoms with Crippen molar-refractivity contribution in [2.75, 3.05) is 11.9 Å². The molecule has 2 heterocycles. The zero-order chi connectivity index (χ0) is 24.6. The third kappa shape index (κ3) is 5.99. The van der Waals surface area contributed by atoms with Gasteiger partial charge in [-0.3, -0.25) is 0 Å². The quantitative estimate of drug-likeness (QED) is 0.107. The second kappa shape index (κ2) is 11.9. The van der Waals surface area contributed by atoms with Gasteiger partial charge in [0.15, 0.2) is 20.8 Å². The summed E-state index contributed by atoms with van der Waals surface area (Å²) in [6.45, 7) is 1.58. The van der Waals surface area contributed by atoms with E-state index in [0.717, 1.165) is 53.2 Å². The number of allylic oxidation sites excluding steroid dienone is 1. The first-order valence-electron chi connectivity index (χ1n) is 12.2. The Kier molecular flexibility index (Phi) is 8.03. The highest BCUT2D eigenvalue weighted by Gasteiger charge is 2.12. The average Bonchev–Trinajstić information content (AvgIpc) is 3.32. The average molecular weight is 585 g/mol. The van der Waals surface area contributed by atoms with Gasteiger partial charge in [-0.2, -0.15) is 0 Å². The zero-order valence-electron chi connectivity index (χ0n) is 20.0. The molecular formula is C30H28IN5. The number of rotatable bonds is 10. The Balaban J connectivity index is 1.22. The van der Waals surface area contributed by atoms with Gasteiger partial charge >= 0.3 is 0 Å². The Bertz CT molecular complexity index is 1390. The van der Waals surface area contributed by atoms with Crippen LogP contribution >= 0.6 is 22.6 Å². The molecule has 0 aliphatic rings. The Morgan fingerprint density at radius 1 is 0.806 bits per heavy atom. The SMILES string of the molecule is Ic1nc(NCCCCC=C(c2ccccc2)c2ccccc2)c2ncn(Cc3ccccc3)c2n1. The van der Waals surface area contributed by atoms with Crippen LogP contribution in [-0.4, -0.2) is 26.1 Å². The van der Waals surface area contributed by atoms with Crippen LogP contribution in [0.4, 0.5) is 5.82 Å². The van der Waals surface area contributed by atoms with Gasteiger partial charge in [-0.05, 0) is 41.5 Å². The largest absolute Gasteiger partial charge is 0.368 e. The van der Waals surface area contributed by atoms with Gasteiger partial charge in [0.1, 0.15) is 0 Å². The predicted octanol–water partition coefficient (Wildman–Crippen LogP) is 7.19. The number of aromatic nitrogens is 4. The lowest BCUT2D eigenvalue weighted by Crippen LogP contribution is -2.07. The van der Waals surface area contributed by atoms with E-state index < -0.39 is 0 Å². The van der Waals surface area contributed by atoms with Crippen LogP contribution in [0.3, 0.4) is 0 Å². The molecule has 5 nitrogen and oxygen atoms in total. The van der Waals surface area contributed by atoms with Crippen LogP contribution in [-0.2, 0) is 6.54 Å². The van der Waals surface area contributed by atoms with Gasteiger partial charge in [-0.1, -0.05) is 97.1 Å². The number of hydrogen-bond acceptors (Lipinski definition) is 4. The van der Waals surface area contributed by atoms with Gasteiger partial charge in [0.05, 0.1) is 12.9 Å². The minimum atomic E-state index is 0.718. The van der Waals surface area contributed by atoms with Crippen LogP contribution in [0.2, 0.25) is 0 Å². The van der Waals surface area contributed by atoms with E-state index in [9.17, 15) is 0 Å². The lowest BCUT2D eigenvalue weighted by Gasteiger charge is -2.10. The summed E-state index contributed by atoms with van der Waals surface area (Å²) >= 11 is 2.18. The van der Waals surface area contributed by atoms with Crippen molar-refractivity contribution in [2.24, 2.45) is 0 Å². The standard InChI is InChI=1S/C30H28IN5/c31-30-34-28(27-29(35-30)36(22-33-27)21-23-13-5-1-6-14-23)32-20-12-4-11-19-26(24-15-7-2-8-16-24)25-17-9-3-10-18-25/h1-3,5-10,13-19,22H,4,11-12,20-21H2,(H,32,34,35). The van der Waals surface area contributed by atoms with E-state index in [1.54, 1.807) is 0 Å². The van der Waals surface area contributed by atoms with Crippen LogP contribution in [0.1, 0.15) is 36.0 Å². The van der Waals surface area contributed by atoms with Crippen molar-refractivity contribution >= 4 is 45.1 Å². The third-order valence-electron chi connectivity index (χ3n) is 6.07. The molecule has 5 aromatic rings. The van der Waals surface area contributed by atoms with Crippen LogP contribution < -0.4 is 5.32 Å². The Morgan fingerprint density at radius 3 is 2.11 bits per heavy atom. The molecule has 0 radical (unpaired) electrons. The van der Waals surface area contributed by atoms with Gasteiger partial charge < -0.3 is 9.88 Å². The molecule has 0 bridgehead atoms. The first kappa shape index (κ1) is 24.2. The number of hydrogen-bond donors (Lipinski definition) is 1. The van der Waals surface area contributed by atoms with Gasteiger partial charge in [0, 0.05) is 29.1 Å². The third-order valence-corrected chi connectivity index (χ3v) is 6.56. The topological polar surface area (TPSA) is 55.6 Å². The Labute approximate surface area is 225 Å². The number of fused-ring (bicyclic) bond motifs is 1. The van der Waals surface area contributed by atoms with Crippen molar-refractivity contribution in [3.05, 3.63) is 124 Å². The number of nitrogens with zero attached hydrogens (tertiary/aromatic N) is 4. The summed E-state index contributed by atoms with van der Waals surface area (Å²) in [4.78, 5) is 13.9. The van der Waals surface area contributed by atoms with Crippen molar-refractivity contribution in [3.63, 3.8) is 0 Å². The maximum Gasteiger partial charge on any atom is 0.194 e. The van der Waals surface area contributed by atoms with E-state index >= 15 is 0 Å². The first-order chi connectivity index (χ1) is 17.8. The van der Waals surface area contributed by atoms with E-state index in [2.05, 4.69) is 138 Å². The van der Waals surface area contributed by atoms with E-state index in [4.69, 9.17) is 0 Å². The van der Waals surface area contributed by atoms with E-state index in [0.29, 0.717) is 0 Å². The molecule has 1 N–H and O–H groups in total. The van der Waals surface area contributed by atoms with E-state index in [1.807, 2.05) is 12.4 Å². The summed E-state index contributed by atoms with van der Waals surface area (Å²) < 4.78 is 2.80. The van der Waals surface area contributed by atoms with Gasteiger partial charge in [0.25, 0.3) is 0 Å². The summed E-state index contributed by atoms with van der Waals surface area (Å²) in [6.07, 6.45) is 7.36. The number of unbranched alkanes of at least 4 members (excludes halogenated alkanes) is 2. The minimum Gasteiger partial charge on any atom is -0.368 e. The van der Waals surface area contributed by atoms with Gasteiger partial charge in [0.2, 0.25) is 0 Å². The van der Waals surface area contributed by atoms with Crippen molar-refractivity contribution in [2.45, 2.75) is 25.8 Å². The molecule has 0 amide bonds. The second-order valence-corrected chi connectivity index (χ2v) is 9.61. The summed E-state index contributed by atoms with van der Waals surface area (Å²) in [7, 11) is 0. The monoisotopic (exact) mass is 585 g/mol. The van der Waals surface area contributed by atoms with E-state index in [-0.39, 0.29) is 0 Å². The highest BCUT2D eigenvalue weighted by molar-refractivity contribution is 14.1. The molecule has 0 aliphatic heterocycles. The fourth-order valence-electron chi connectivity index (χ4n) is 4.30. The van der Waals surface area contributed by atoms with Crippen LogP contribution in [0, 0.1) is 3.83 Å². The second-order valence-electron chi connectivity index (χ2n) is 8.64. The summed E-state index contributed by atoms with van der Waals surface area (Å²) in [6, 6.07) is 31.6. The van der Waals surface area contributed by atoms with Gasteiger partial charge in [-0.25, -0.2) is 15.0 Å². The lowest BCUT2D eigenvalue weighted by atomic mass is 9.96. The summed E-state index contributed by atoms with van der Waals surface area (Å²) in [5.41, 5.74) is 6.70. The van der Waals surface area contributed by atoms with Crippen LogP contribution in [0.25, 0.3) is 16.7 Å².